The zero-order chi connectivity index (χ0) is 15.1. The summed E-state index contributed by atoms with van der Waals surface area (Å²) in [4.78, 5) is 33.6. The number of carboxylic acid groups (broad SMARTS) is 1. The Hall–Kier alpha value is -2.37. The molecule has 1 atom stereocenters. The molecule has 20 heavy (non-hydrogen) atoms. The van der Waals surface area contributed by atoms with Crippen LogP contribution >= 0.6 is 0 Å². The van der Waals surface area contributed by atoms with Crippen LogP contribution in [0.15, 0.2) is 24.3 Å². The molecule has 0 bridgehead atoms. The summed E-state index contributed by atoms with van der Waals surface area (Å²) >= 11 is 0. The molecule has 0 aromatic heterocycles. The fraction of sp³-hybridized carbons (Fsp3) is 0.357. The molecule has 0 fully saturated rings. The lowest BCUT2D eigenvalue weighted by Crippen LogP contribution is -2.44. The Balaban J connectivity index is 2.73. The molecule has 1 aromatic rings. The fourth-order valence-electron chi connectivity index (χ4n) is 1.68. The maximum atomic E-state index is 11.9. The highest BCUT2D eigenvalue weighted by Gasteiger charge is 2.22. The summed E-state index contributed by atoms with van der Waals surface area (Å²) in [5.41, 5.74) is 1.69. The molecule has 1 rings (SSSR count). The average Bonchev–Trinajstić information content (AvgIpc) is 2.37. The van der Waals surface area contributed by atoms with E-state index >= 15 is 0 Å². The van der Waals surface area contributed by atoms with Crippen molar-refractivity contribution in [3.05, 3.63) is 29.8 Å². The van der Waals surface area contributed by atoms with E-state index in [-0.39, 0.29) is 0 Å². The summed E-state index contributed by atoms with van der Waals surface area (Å²) in [5, 5.41) is 13.7. The van der Waals surface area contributed by atoms with Crippen molar-refractivity contribution in [3.63, 3.8) is 0 Å². The highest BCUT2D eigenvalue weighted by atomic mass is 16.4. The van der Waals surface area contributed by atoms with E-state index in [4.69, 9.17) is 5.11 Å². The van der Waals surface area contributed by atoms with Crippen molar-refractivity contribution < 1.29 is 19.5 Å². The zero-order valence-corrected chi connectivity index (χ0v) is 11.5. The van der Waals surface area contributed by atoms with Crippen LogP contribution in [0.25, 0.3) is 0 Å². The van der Waals surface area contributed by atoms with Crippen LogP contribution in [-0.4, -0.2) is 28.9 Å². The molecular weight excluding hydrogens is 260 g/mol. The number of benzene rings is 1. The quantitative estimate of drug-likeness (QED) is 0.727. The van der Waals surface area contributed by atoms with E-state index in [1.807, 2.05) is 19.1 Å². The Labute approximate surface area is 117 Å². The van der Waals surface area contributed by atoms with E-state index in [9.17, 15) is 14.4 Å². The average molecular weight is 278 g/mol. The molecular formula is C14H18N2O4. The number of aliphatic carboxylic acids is 1. The number of aryl methyl sites for hydroxylation is 1. The molecule has 0 saturated carbocycles. The molecule has 0 spiro atoms. The Morgan fingerprint density at radius 3 is 2.25 bits per heavy atom. The van der Waals surface area contributed by atoms with Crippen molar-refractivity contribution in [2.75, 3.05) is 5.32 Å². The van der Waals surface area contributed by atoms with Gasteiger partial charge in [0.15, 0.2) is 0 Å². The van der Waals surface area contributed by atoms with Crippen molar-refractivity contribution in [3.8, 4) is 0 Å². The van der Waals surface area contributed by atoms with Gasteiger partial charge in [-0.15, -0.1) is 0 Å². The molecule has 1 aromatic carbocycles. The van der Waals surface area contributed by atoms with Gasteiger partial charge in [0, 0.05) is 12.6 Å². The predicted molar refractivity (Wildman–Crippen MR) is 74.3 cm³/mol. The van der Waals surface area contributed by atoms with E-state index in [1.165, 1.54) is 6.92 Å². The van der Waals surface area contributed by atoms with Gasteiger partial charge in [-0.25, -0.2) is 0 Å². The molecule has 2 amide bonds. The lowest BCUT2D eigenvalue weighted by molar-refractivity contribution is -0.139. The molecule has 0 radical (unpaired) electrons. The summed E-state index contributed by atoms with van der Waals surface area (Å²) in [7, 11) is 0. The van der Waals surface area contributed by atoms with Crippen molar-refractivity contribution in [1.29, 1.82) is 0 Å². The van der Waals surface area contributed by atoms with Crippen LogP contribution in [0, 0.1) is 0 Å². The Morgan fingerprint density at radius 2 is 1.80 bits per heavy atom. The first-order chi connectivity index (χ1) is 9.42. The summed E-state index contributed by atoms with van der Waals surface area (Å²) in [6.45, 7) is 3.26. The van der Waals surface area contributed by atoms with Crippen LogP contribution in [0.3, 0.4) is 0 Å². The number of carbonyl (C=O) groups excluding carboxylic acids is 2. The van der Waals surface area contributed by atoms with Crippen LogP contribution in [0.4, 0.5) is 5.69 Å². The number of amides is 2. The van der Waals surface area contributed by atoms with Crippen molar-refractivity contribution >= 4 is 23.5 Å². The van der Waals surface area contributed by atoms with Crippen LogP contribution in [-0.2, 0) is 20.8 Å². The summed E-state index contributed by atoms with van der Waals surface area (Å²) in [6.07, 6.45) is 0.431. The molecule has 6 nitrogen and oxygen atoms in total. The fourth-order valence-corrected chi connectivity index (χ4v) is 1.68. The minimum absolute atomic E-state index is 0.451. The number of carbonyl (C=O) groups is 3. The Bertz CT molecular complexity index is 480. The van der Waals surface area contributed by atoms with Gasteiger partial charge in [-0.3, -0.25) is 14.4 Å². The molecule has 0 unspecified atom stereocenters. The summed E-state index contributed by atoms with van der Waals surface area (Å²) in [5.74, 6) is -2.15. The first-order valence-corrected chi connectivity index (χ1v) is 6.31. The number of nitrogens with one attached hydrogen (secondary N) is 2. The maximum absolute atomic E-state index is 11.9. The molecule has 6 heteroatoms. The maximum Gasteiger partial charge on any atom is 0.305 e. The third-order valence-corrected chi connectivity index (χ3v) is 2.70. The molecule has 0 aliphatic carbocycles. The minimum Gasteiger partial charge on any atom is -0.481 e. The minimum atomic E-state index is -1.15. The van der Waals surface area contributed by atoms with Gasteiger partial charge in [-0.05, 0) is 24.1 Å². The SMILES string of the molecule is CCc1ccc(NC(=O)[C@H](CC(=O)O)NC(C)=O)cc1. The monoisotopic (exact) mass is 278 g/mol. The van der Waals surface area contributed by atoms with E-state index in [0.29, 0.717) is 5.69 Å². The third kappa shape index (κ3) is 5.09. The first-order valence-electron chi connectivity index (χ1n) is 6.31. The van der Waals surface area contributed by atoms with Gasteiger partial charge in [-0.1, -0.05) is 19.1 Å². The molecule has 3 N–H and O–H groups in total. The van der Waals surface area contributed by atoms with Gasteiger partial charge in [0.2, 0.25) is 11.8 Å². The number of carboxylic acids is 1. The first kappa shape index (κ1) is 15.7. The van der Waals surface area contributed by atoms with Crippen LogP contribution in [0.5, 0.6) is 0 Å². The van der Waals surface area contributed by atoms with Gasteiger partial charge in [-0.2, -0.15) is 0 Å². The highest BCUT2D eigenvalue weighted by Crippen LogP contribution is 2.10. The van der Waals surface area contributed by atoms with Gasteiger partial charge >= 0.3 is 5.97 Å². The second kappa shape index (κ2) is 7.28. The Morgan fingerprint density at radius 1 is 1.20 bits per heavy atom. The van der Waals surface area contributed by atoms with Gasteiger partial charge in [0.1, 0.15) is 6.04 Å². The van der Waals surface area contributed by atoms with Gasteiger partial charge < -0.3 is 15.7 Å². The zero-order valence-electron chi connectivity index (χ0n) is 11.5. The van der Waals surface area contributed by atoms with Crippen molar-refractivity contribution in [2.24, 2.45) is 0 Å². The summed E-state index contributed by atoms with van der Waals surface area (Å²) < 4.78 is 0. The highest BCUT2D eigenvalue weighted by molar-refractivity contribution is 5.98. The van der Waals surface area contributed by atoms with E-state index in [1.54, 1.807) is 12.1 Å². The predicted octanol–water partition coefficient (Wildman–Crippen LogP) is 1.17. The van der Waals surface area contributed by atoms with E-state index < -0.39 is 30.2 Å². The number of hydrogen-bond acceptors (Lipinski definition) is 3. The lowest BCUT2D eigenvalue weighted by Gasteiger charge is -2.15. The van der Waals surface area contributed by atoms with Crippen molar-refractivity contribution in [1.82, 2.24) is 5.32 Å². The van der Waals surface area contributed by atoms with Crippen LogP contribution in [0.1, 0.15) is 25.8 Å². The molecule has 108 valence electrons. The van der Waals surface area contributed by atoms with Gasteiger partial charge in [0.25, 0.3) is 0 Å². The molecule has 0 aliphatic heterocycles. The standard InChI is InChI=1S/C14H18N2O4/c1-3-10-4-6-11(7-5-10)16-14(20)12(8-13(18)19)15-9(2)17/h4-7,12H,3,8H2,1-2H3,(H,15,17)(H,16,20)(H,18,19)/t12-/m0/s1. The van der Waals surface area contributed by atoms with Gasteiger partial charge in [0.05, 0.1) is 6.42 Å². The van der Waals surface area contributed by atoms with Crippen LogP contribution in [0.2, 0.25) is 0 Å². The number of rotatable bonds is 6. The second-order valence-corrected chi connectivity index (χ2v) is 4.39. The molecule has 0 saturated heterocycles. The number of hydrogen-bond donors (Lipinski definition) is 3. The second-order valence-electron chi connectivity index (χ2n) is 4.39. The smallest absolute Gasteiger partial charge is 0.305 e. The van der Waals surface area contributed by atoms with Crippen LogP contribution < -0.4 is 10.6 Å². The molecule has 0 aliphatic rings. The number of anilines is 1. The summed E-state index contributed by atoms with van der Waals surface area (Å²) in [6, 6.07) is 6.14. The largest absolute Gasteiger partial charge is 0.481 e. The third-order valence-electron chi connectivity index (χ3n) is 2.70. The molecule has 0 heterocycles. The van der Waals surface area contributed by atoms with E-state index in [2.05, 4.69) is 10.6 Å². The lowest BCUT2D eigenvalue weighted by atomic mass is 10.1. The Kier molecular flexibility index (Phi) is 5.71. The van der Waals surface area contributed by atoms with Crippen molar-refractivity contribution in [2.45, 2.75) is 32.7 Å². The normalized spacial score (nSPS) is 11.5. The topological polar surface area (TPSA) is 95.5 Å². The van der Waals surface area contributed by atoms with E-state index in [0.717, 1.165) is 12.0 Å².